The van der Waals surface area contributed by atoms with Gasteiger partial charge in [-0.25, -0.2) is 0 Å². The second-order valence-electron chi connectivity index (χ2n) is 5.34. The van der Waals surface area contributed by atoms with E-state index in [1.165, 1.54) is 0 Å². The summed E-state index contributed by atoms with van der Waals surface area (Å²) in [5.41, 5.74) is 6.83. The monoisotopic (exact) mass is 312 g/mol. The topological polar surface area (TPSA) is 81.4 Å². The maximum absolute atomic E-state index is 12.1. The molecule has 5 heteroatoms. The Morgan fingerprint density at radius 3 is 2.35 bits per heavy atom. The van der Waals surface area contributed by atoms with Crippen molar-refractivity contribution in [2.45, 2.75) is 19.3 Å². The molecule has 0 aliphatic heterocycles. The van der Waals surface area contributed by atoms with Crippen LogP contribution in [0.25, 0.3) is 0 Å². The van der Waals surface area contributed by atoms with E-state index in [2.05, 4.69) is 5.32 Å². The smallest absolute Gasteiger partial charge is 0.255 e. The van der Waals surface area contributed by atoms with Crippen LogP contribution in [0.4, 0.5) is 5.69 Å². The molecule has 2 rings (SSSR count). The third-order valence-corrected chi connectivity index (χ3v) is 3.38. The Bertz CT molecular complexity index is 654. The molecule has 0 spiro atoms. The van der Waals surface area contributed by atoms with Crippen molar-refractivity contribution < 1.29 is 14.3 Å². The fraction of sp³-hybridized carbons (Fsp3) is 0.222. The molecule has 0 aliphatic rings. The van der Waals surface area contributed by atoms with E-state index in [1.807, 2.05) is 37.3 Å². The van der Waals surface area contributed by atoms with Crippen LogP contribution in [0, 0.1) is 0 Å². The average molecular weight is 312 g/mol. The van der Waals surface area contributed by atoms with Crippen LogP contribution in [0.15, 0.2) is 54.6 Å². The zero-order chi connectivity index (χ0) is 16.7. The van der Waals surface area contributed by atoms with Gasteiger partial charge in [0.25, 0.3) is 5.91 Å². The molecule has 0 aromatic heterocycles. The number of hydrogen-bond donors (Lipinski definition) is 2. The summed E-state index contributed by atoms with van der Waals surface area (Å²) in [6.45, 7) is 1.86. The first-order chi connectivity index (χ1) is 11.0. The van der Waals surface area contributed by atoms with E-state index in [9.17, 15) is 9.59 Å². The van der Waals surface area contributed by atoms with Crippen LogP contribution < -0.4 is 15.8 Å². The highest BCUT2D eigenvalue weighted by Gasteiger charge is 2.11. The summed E-state index contributed by atoms with van der Waals surface area (Å²) in [5.74, 6) is 0.0956. The minimum Gasteiger partial charge on any atom is -0.484 e. The summed E-state index contributed by atoms with van der Waals surface area (Å²) in [6, 6.07) is 16.7. The van der Waals surface area contributed by atoms with Crippen LogP contribution in [0.2, 0.25) is 0 Å². The first-order valence-corrected chi connectivity index (χ1v) is 7.40. The molecule has 0 radical (unpaired) electrons. The van der Waals surface area contributed by atoms with Gasteiger partial charge in [0, 0.05) is 12.1 Å². The fourth-order valence-electron chi connectivity index (χ4n) is 2.18. The Balaban J connectivity index is 1.86. The van der Waals surface area contributed by atoms with E-state index in [0.717, 1.165) is 5.56 Å². The maximum Gasteiger partial charge on any atom is 0.255 e. The Labute approximate surface area is 135 Å². The molecule has 1 unspecified atom stereocenters. The summed E-state index contributed by atoms with van der Waals surface area (Å²) >= 11 is 0. The van der Waals surface area contributed by atoms with Crippen LogP contribution in [0.1, 0.15) is 24.8 Å². The summed E-state index contributed by atoms with van der Waals surface area (Å²) in [7, 11) is 0. The highest BCUT2D eigenvalue weighted by Crippen LogP contribution is 2.20. The van der Waals surface area contributed by atoms with Crippen molar-refractivity contribution in [1.82, 2.24) is 0 Å². The van der Waals surface area contributed by atoms with Crippen LogP contribution >= 0.6 is 0 Å². The van der Waals surface area contributed by atoms with Gasteiger partial charge in [-0.2, -0.15) is 0 Å². The first-order valence-electron chi connectivity index (χ1n) is 7.40. The average Bonchev–Trinajstić information content (AvgIpc) is 2.55. The second kappa shape index (κ2) is 7.98. The molecule has 0 bridgehead atoms. The van der Waals surface area contributed by atoms with Gasteiger partial charge in [0.1, 0.15) is 5.75 Å². The van der Waals surface area contributed by atoms with Gasteiger partial charge in [0.15, 0.2) is 6.61 Å². The number of primary amides is 1. The number of hydrogen-bond acceptors (Lipinski definition) is 3. The van der Waals surface area contributed by atoms with Gasteiger partial charge in [0.2, 0.25) is 5.91 Å². The summed E-state index contributed by atoms with van der Waals surface area (Å²) < 4.78 is 5.16. The van der Waals surface area contributed by atoms with Gasteiger partial charge in [0.05, 0.1) is 0 Å². The Hall–Kier alpha value is -2.82. The van der Waals surface area contributed by atoms with Crippen molar-refractivity contribution in [3.8, 4) is 5.75 Å². The van der Waals surface area contributed by atoms with Crippen molar-refractivity contribution in [2.24, 2.45) is 5.73 Å². The molecule has 5 nitrogen and oxygen atoms in total. The number of anilines is 1. The van der Waals surface area contributed by atoms with Gasteiger partial charge < -0.3 is 15.8 Å². The van der Waals surface area contributed by atoms with Crippen molar-refractivity contribution in [3.05, 3.63) is 60.2 Å². The highest BCUT2D eigenvalue weighted by atomic mass is 16.5. The third-order valence-electron chi connectivity index (χ3n) is 3.38. The molecule has 3 N–H and O–H groups in total. The van der Waals surface area contributed by atoms with Crippen LogP contribution in [0.3, 0.4) is 0 Å². The summed E-state index contributed by atoms with van der Waals surface area (Å²) in [6.07, 6.45) is 0.407. The van der Waals surface area contributed by atoms with E-state index in [0.29, 0.717) is 17.9 Å². The quantitative estimate of drug-likeness (QED) is 0.824. The molecule has 0 aliphatic carbocycles. The first kappa shape index (κ1) is 16.5. The Morgan fingerprint density at radius 1 is 1.09 bits per heavy atom. The number of amides is 2. The molecule has 0 fully saturated rings. The molecular formula is C18H20N2O3. The number of benzene rings is 2. The van der Waals surface area contributed by atoms with Crippen molar-refractivity contribution in [3.63, 3.8) is 0 Å². The third kappa shape index (κ3) is 5.47. The number of rotatable bonds is 7. The van der Waals surface area contributed by atoms with Gasteiger partial charge in [-0.15, -0.1) is 0 Å². The predicted molar refractivity (Wildman–Crippen MR) is 89.2 cm³/mol. The molecule has 2 aromatic carbocycles. The number of nitrogens with one attached hydrogen (secondary N) is 1. The minimum absolute atomic E-state index is 0.0489. The number of carbonyl (C=O) groups excluding carboxylic acids is 2. The van der Waals surface area contributed by atoms with Crippen molar-refractivity contribution in [1.29, 1.82) is 0 Å². The van der Waals surface area contributed by atoms with E-state index < -0.39 is 5.91 Å². The largest absolute Gasteiger partial charge is 0.484 e. The second-order valence-corrected chi connectivity index (χ2v) is 5.34. The molecule has 0 saturated heterocycles. The lowest BCUT2D eigenvalue weighted by Gasteiger charge is -2.12. The molecule has 1 atom stereocenters. The van der Waals surface area contributed by atoms with Gasteiger partial charge in [-0.3, -0.25) is 9.59 Å². The Morgan fingerprint density at radius 2 is 1.74 bits per heavy atom. The molecule has 0 heterocycles. The molecule has 2 amide bonds. The standard InChI is InChI=1S/C18H20N2O3/c1-13(14-5-3-2-4-6-14)11-18(22)20-15-7-9-16(10-8-15)23-12-17(19)21/h2-10,13H,11-12H2,1H3,(H2,19,21)(H,20,22). The van der Waals surface area contributed by atoms with Crippen molar-refractivity contribution in [2.75, 3.05) is 11.9 Å². The Kier molecular flexibility index (Phi) is 5.74. The summed E-state index contributed by atoms with van der Waals surface area (Å²) in [4.78, 5) is 22.7. The lowest BCUT2D eigenvalue weighted by Crippen LogP contribution is -2.20. The summed E-state index contributed by atoms with van der Waals surface area (Å²) in [5, 5.41) is 2.85. The molecule has 120 valence electrons. The number of ether oxygens (including phenoxy) is 1. The molecule has 2 aromatic rings. The minimum atomic E-state index is -0.530. The van der Waals surface area contributed by atoms with E-state index in [-0.39, 0.29) is 18.4 Å². The van der Waals surface area contributed by atoms with Gasteiger partial charge in [-0.1, -0.05) is 37.3 Å². The molecule has 23 heavy (non-hydrogen) atoms. The zero-order valence-electron chi connectivity index (χ0n) is 13.0. The zero-order valence-corrected chi connectivity index (χ0v) is 13.0. The van der Waals surface area contributed by atoms with Crippen LogP contribution in [0.5, 0.6) is 5.75 Å². The van der Waals surface area contributed by atoms with Crippen LogP contribution in [-0.4, -0.2) is 18.4 Å². The SMILES string of the molecule is CC(CC(=O)Nc1ccc(OCC(N)=O)cc1)c1ccccc1. The van der Waals surface area contributed by atoms with E-state index in [1.54, 1.807) is 24.3 Å². The predicted octanol–water partition coefficient (Wildman–Crippen LogP) is 2.68. The van der Waals surface area contributed by atoms with Gasteiger partial charge >= 0.3 is 0 Å². The fourth-order valence-corrected chi connectivity index (χ4v) is 2.18. The normalized spacial score (nSPS) is 11.5. The van der Waals surface area contributed by atoms with Crippen molar-refractivity contribution >= 4 is 17.5 Å². The maximum atomic E-state index is 12.1. The van der Waals surface area contributed by atoms with Gasteiger partial charge in [-0.05, 0) is 35.7 Å². The highest BCUT2D eigenvalue weighted by molar-refractivity contribution is 5.91. The van der Waals surface area contributed by atoms with E-state index in [4.69, 9.17) is 10.5 Å². The molecular weight excluding hydrogens is 292 g/mol. The van der Waals surface area contributed by atoms with Crippen LogP contribution in [-0.2, 0) is 9.59 Å². The molecule has 0 saturated carbocycles. The number of carbonyl (C=O) groups is 2. The number of nitrogens with two attached hydrogens (primary N) is 1. The lowest BCUT2D eigenvalue weighted by atomic mass is 9.97. The van der Waals surface area contributed by atoms with E-state index >= 15 is 0 Å². The lowest BCUT2D eigenvalue weighted by molar-refractivity contribution is -0.120.